The molecule has 0 spiro atoms. The fourth-order valence-corrected chi connectivity index (χ4v) is 4.87. The maximum Gasteiger partial charge on any atom is 0.285 e. The summed E-state index contributed by atoms with van der Waals surface area (Å²) in [6.45, 7) is 9.48. The van der Waals surface area contributed by atoms with Gasteiger partial charge in [-0.15, -0.1) is 0 Å². The molecular formula is C20H28N3OY+. The average molecular weight is 415 g/mol. The summed E-state index contributed by atoms with van der Waals surface area (Å²) in [5, 5.41) is 12.3. The van der Waals surface area contributed by atoms with Crippen molar-refractivity contribution in [1.29, 1.82) is 5.26 Å². The fourth-order valence-electron chi connectivity index (χ4n) is 4.87. The van der Waals surface area contributed by atoms with E-state index in [4.69, 9.17) is 5.26 Å². The van der Waals surface area contributed by atoms with Gasteiger partial charge in [-0.3, -0.25) is 4.79 Å². The first kappa shape index (κ1) is 20.6. The van der Waals surface area contributed by atoms with Crippen molar-refractivity contribution in [1.82, 2.24) is 0 Å². The molecule has 1 radical (unpaired) electrons. The zero-order chi connectivity index (χ0) is 17.4. The Balaban J connectivity index is 0.00000225. The van der Waals surface area contributed by atoms with Crippen LogP contribution in [0.1, 0.15) is 55.7 Å². The number of likely N-dealkylation sites (N-methyl/N-ethyl adjacent to an activating group) is 1. The number of hydrogen-bond acceptors (Lipinski definition) is 2. The zero-order valence-electron chi connectivity index (χ0n) is 15.7. The van der Waals surface area contributed by atoms with Crippen molar-refractivity contribution in [2.75, 3.05) is 25.0 Å². The van der Waals surface area contributed by atoms with Gasteiger partial charge in [0.2, 0.25) is 0 Å². The summed E-state index contributed by atoms with van der Waals surface area (Å²) < 4.78 is 0.965. The Morgan fingerprint density at radius 2 is 1.76 bits per heavy atom. The van der Waals surface area contributed by atoms with Gasteiger partial charge < -0.3 is 9.80 Å². The predicted molar refractivity (Wildman–Crippen MR) is 95.6 cm³/mol. The van der Waals surface area contributed by atoms with E-state index in [9.17, 15) is 4.79 Å². The van der Waals surface area contributed by atoms with E-state index in [2.05, 4.69) is 18.3 Å². The largest absolute Gasteiger partial charge is 0.320 e. The van der Waals surface area contributed by atoms with Gasteiger partial charge in [-0.2, -0.15) is 5.26 Å². The monoisotopic (exact) mass is 415 g/mol. The number of benzene rings is 1. The molecule has 1 aliphatic carbocycles. The van der Waals surface area contributed by atoms with Gasteiger partial charge in [0.25, 0.3) is 5.91 Å². The maximum absolute atomic E-state index is 13.3. The Morgan fingerprint density at radius 1 is 1.20 bits per heavy atom. The number of amides is 1. The molecule has 0 bridgehead atoms. The molecule has 1 aliphatic heterocycles. The average Bonchev–Trinajstić information content (AvgIpc) is 2.99. The number of carbonyl (C=O) groups is 1. The Morgan fingerprint density at radius 3 is 2.16 bits per heavy atom. The van der Waals surface area contributed by atoms with Crippen molar-refractivity contribution in [2.24, 2.45) is 0 Å². The summed E-state index contributed by atoms with van der Waals surface area (Å²) in [5.41, 5.74) is 3.24. The van der Waals surface area contributed by atoms with Gasteiger partial charge in [-0.05, 0) is 50.5 Å². The first-order valence-electron chi connectivity index (χ1n) is 9.17. The van der Waals surface area contributed by atoms with Crippen LogP contribution in [0.2, 0.25) is 0 Å². The number of rotatable bonds is 4. The van der Waals surface area contributed by atoms with Crippen LogP contribution in [0.25, 0.3) is 0 Å². The Hall–Kier alpha value is -0.756. The molecule has 25 heavy (non-hydrogen) atoms. The van der Waals surface area contributed by atoms with Gasteiger partial charge in [0.1, 0.15) is 0 Å². The molecule has 131 valence electrons. The van der Waals surface area contributed by atoms with Crippen LogP contribution in [0, 0.1) is 25.2 Å². The van der Waals surface area contributed by atoms with Crippen molar-refractivity contribution in [2.45, 2.75) is 58.4 Å². The minimum absolute atomic E-state index is 0. The second-order valence-electron chi connectivity index (χ2n) is 7.55. The smallest absolute Gasteiger partial charge is 0.285 e. The number of carbonyl (C=O) groups excluding carboxylic acids is 1. The summed E-state index contributed by atoms with van der Waals surface area (Å²) in [4.78, 5) is 13.3. The quantitative estimate of drug-likeness (QED) is 0.764. The van der Waals surface area contributed by atoms with Crippen LogP contribution < -0.4 is 5.32 Å². The van der Waals surface area contributed by atoms with Crippen molar-refractivity contribution in [3.05, 3.63) is 28.8 Å². The third kappa shape index (κ3) is 3.32. The molecule has 1 saturated heterocycles. The molecule has 1 amide bonds. The van der Waals surface area contributed by atoms with E-state index in [-0.39, 0.29) is 44.2 Å². The minimum atomic E-state index is -0.238. The van der Waals surface area contributed by atoms with Crippen LogP contribution in [0.4, 0.5) is 5.69 Å². The van der Waals surface area contributed by atoms with Crippen LogP contribution in [0.15, 0.2) is 12.1 Å². The molecule has 1 saturated carbocycles. The van der Waals surface area contributed by atoms with Crippen molar-refractivity contribution >= 4 is 11.6 Å². The predicted octanol–water partition coefficient (Wildman–Crippen LogP) is 3.66. The van der Waals surface area contributed by atoms with Gasteiger partial charge >= 0.3 is 0 Å². The molecule has 2 aliphatic rings. The van der Waals surface area contributed by atoms with Crippen LogP contribution in [-0.4, -0.2) is 35.6 Å². The number of hydrogen-bond donors (Lipinski definition) is 1. The molecule has 5 heteroatoms. The molecule has 1 aromatic rings. The summed E-state index contributed by atoms with van der Waals surface area (Å²) in [6, 6.07) is 5.90. The van der Waals surface area contributed by atoms with Crippen LogP contribution in [-0.2, 0) is 37.5 Å². The first-order chi connectivity index (χ1) is 11.5. The summed E-state index contributed by atoms with van der Waals surface area (Å²) >= 11 is 0. The molecule has 1 aromatic carbocycles. The molecule has 2 fully saturated rings. The van der Waals surface area contributed by atoms with E-state index in [1.54, 1.807) is 0 Å². The number of aryl methyl sites for hydroxylation is 2. The summed E-state index contributed by atoms with van der Waals surface area (Å²) in [7, 11) is 0. The standard InChI is InChI=1S/C20H27N3O.Y/c1-4-23(10-5-6-11-23)20(8-7-9-20)19(24)22-18-15(2)12-17(14-21)13-16(18)3;/h12-13H,4-11H2,1-3H3;/p+1. The zero-order valence-corrected chi connectivity index (χ0v) is 18.5. The number of quaternary nitrogens is 1. The van der Waals surface area contributed by atoms with Crippen molar-refractivity contribution in [3.63, 3.8) is 0 Å². The SMILES string of the molecule is CC[N+]1(C2(C(=O)Nc3c(C)cc(C#N)cc3C)CCC2)CCCC1.[Y]. The number of anilines is 1. The van der Waals surface area contributed by atoms with Gasteiger partial charge in [0.05, 0.1) is 31.3 Å². The van der Waals surface area contributed by atoms with Gasteiger partial charge in [0.15, 0.2) is 5.54 Å². The van der Waals surface area contributed by atoms with E-state index < -0.39 is 0 Å². The summed E-state index contributed by atoms with van der Waals surface area (Å²) in [5.74, 6) is 0.188. The van der Waals surface area contributed by atoms with Gasteiger partial charge in [0, 0.05) is 64.1 Å². The van der Waals surface area contributed by atoms with E-state index in [0.29, 0.717) is 5.56 Å². The van der Waals surface area contributed by atoms with Gasteiger partial charge in [-0.25, -0.2) is 0 Å². The molecule has 0 unspecified atom stereocenters. The molecule has 4 nitrogen and oxygen atoms in total. The summed E-state index contributed by atoms with van der Waals surface area (Å²) in [6.07, 6.45) is 5.62. The van der Waals surface area contributed by atoms with Crippen molar-refractivity contribution in [3.8, 4) is 6.07 Å². The number of nitrogens with zero attached hydrogens (tertiary/aromatic N) is 2. The number of likely N-dealkylation sites (tertiary alicyclic amines) is 1. The minimum Gasteiger partial charge on any atom is -0.320 e. The molecule has 0 aromatic heterocycles. The van der Waals surface area contributed by atoms with Crippen LogP contribution in [0.5, 0.6) is 0 Å². The normalized spacial score (nSPS) is 20.1. The topological polar surface area (TPSA) is 52.9 Å². The number of nitriles is 1. The van der Waals surface area contributed by atoms with E-state index in [1.165, 1.54) is 12.8 Å². The Bertz CT molecular complexity index is 674. The Labute approximate surface area is 176 Å². The van der Waals surface area contributed by atoms with Crippen molar-refractivity contribution < 1.29 is 42.0 Å². The fraction of sp³-hybridized carbons (Fsp3) is 0.600. The Kier molecular flexibility index (Phi) is 6.47. The molecule has 0 atom stereocenters. The molecule has 1 N–H and O–H groups in total. The van der Waals surface area contributed by atoms with Crippen LogP contribution in [0.3, 0.4) is 0 Å². The molecule has 1 heterocycles. The maximum atomic E-state index is 13.3. The first-order valence-corrected chi connectivity index (χ1v) is 9.17. The molecular weight excluding hydrogens is 387 g/mol. The molecule has 3 rings (SSSR count). The van der Waals surface area contributed by atoms with Gasteiger partial charge in [-0.1, -0.05) is 0 Å². The van der Waals surface area contributed by atoms with E-state index in [0.717, 1.165) is 60.2 Å². The number of nitrogens with one attached hydrogen (secondary N) is 1. The second-order valence-corrected chi connectivity index (χ2v) is 7.55. The van der Waals surface area contributed by atoms with E-state index in [1.807, 2.05) is 26.0 Å². The third-order valence-corrected chi connectivity index (χ3v) is 6.44. The third-order valence-electron chi connectivity index (χ3n) is 6.44. The van der Waals surface area contributed by atoms with Crippen LogP contribution >= 0.6 is 0 Å². The van der Waals surface area contributed by atoms with E-state index >= 15 is 0 Å². The second kappa shape index (κ2) is 7.86.